The first-order chi connectivity index (χ1) is 9.19. The molecule has 0 radical (unpaired) electrons. The third-order valence-electron chi connectivity index (χ3n) is 3.33. The predicted octanol–water partition coefficient (Wildman–Crippen LogP) is 1.44. The molecule has 0 bridgehead atoms. The average Bonchev–Trinajstić information content (AvgIpc) is 2.90. The lowest BCUT2D eigenvalue weighted by Gasteiger charge is -2.27. The van der Waals surface area contributed by atoms with Crippen molar-refractivity contribution in [3.05, 3.63) is 35.9 Å². The smallest absolute Gasteiger partial charge is 0.328 e. The highest BCUT2D eigenvalue weighted by Crippen LogP contribution is 2.27. The van der Waals surface area contributed by atoms with Gasteiger partial charge in [0, 0.05) is 12.7 Å². The summed E-state index contributed by atoms with van der Waals surface area (Å²) in [4.78, 5) is 25.7. The molecule has 102 valence electrons. The van der Waals surface area contributed by atoms with Gasteiger partial charge in [0.25, 0.3) is 5.91 Å². The molecule has 0 saturated carbocycles. The Morgan fingerprint density at radius 1 is 1.16 bits per heavy atom. The van der Waals surface area contributed by atoms with Crippen LogP contribution in [0.2, 0.25) is 0 Å². The average molecular weight is 263 g/mol. The Kier molecular flexibility index (Phi) is 4.16. The van der Waals surface area contributed by atoms with Gasteiger partial charge in [-0.1, -0.05) is 18.2 Å². The Bertz CT molecular complexity index is 460. The zero-order chi connectivity index (χ0) is 13.8. The van der Waals surface area contributed by atoms with Crippen LogP contribution in [0.15, 0.2) is 30.3 Å². The van der Waals surface area contributed by atoms with Gasteiger partial charge in [0.1, 0.15) is 12.3 Å². The van der Waals surface area contributed by atoms with Crippen molar-refractivity contribution in [1.82, 2.24) is 4.90 Å². The second-order valence-corrected chi connectivity index (χ2v) is 4.39. The van der Waals surface area contributed by atoms with Crippen molar-refractivity contribution in [3.8, 4) is 0 Å². The van der Waals surface area contributed by atoms with E-state index in [1.54, 1.807) is 24.3 Å². The maximum absolute atomic E-state index is 12.5. The Labute approximate surface area is 112 Å². The summed E-state index contributed by atoms with van der Waals surface area (Å²) in [6, 6.07) is 8.30. The molecule has 1 saturated heterocycles. The number of hydrogen-bond acceptors (Lipinski definition) is 4. The summed E-state index contributed by atoms with van der Waals surface area (Å²) in [6.07, 6.45) is 0.815. The highest BCUT2D eigenvalue weighted by Gasteiger charge is 2.42. The second kappa shape index (κ2) is 5.84. The SMILES string of the molecule is COC(=O)[C@@H]1CCC(OC)N1C(=O)c1ccccc1. The van der Waals surface area contributed by atoms with Crippen molar-refractivity contribution in [2.45, 2.75) is 25.1 Å². The number of likely N-dealkylation sites (tertiary alicyclic amines) is 1. The fourth-order valence-corrected chi connectivity index (χ4v) is 2.38. The summed E-state index contributed by atoms with van der Waals surface area (Å²) >= 11 is 0. The number of rotatable bonds is 3. The number of nitrogens with zero attached hydrogens (tertiary/aromatic N) is 1. The number of esters is 1. The van der Waals surface area contributed by atoms with E-state index in [9.17, 15) is 9.59 Å². The number of ether oxygens (including phenoxy) is 2. The molecule has 1 heterocycles. The summed E-state index contributed by atoms with van der Waals surface area (Å²) in [7, 11) is 2.86. The van der Waals surface area contributed by atoms with Crippen LogP contribution in [0.3, 0.4) is 0 Å². The molecule has 1 aromatic rings. The van der Waals surface area contributed by atoms with E-state index < -0.39 is 12.0 Å². The summed E-state index contributed by atoms with van der Waals surface area (Å²) in [5.41, 5.74) is 0.542. The van der Waals surface area contributed by atoms with Crippen molar-refractivity contribution >= 4 is 11.9 Å². The topological polar surface area (TPSA) is 55.8 Å². The standard InChI is InChI=1S/C14H17NO4/c1-18-12-9-8-11(14(17)19-2)15(12)13(16)10-6-4-3-5-7-10/h3-7,11-12H,8-9H2,1-2H3/t11-,12?/m0/s1. The molecule has 1 aliphatic rings. The van der Waals surface area contributed by atoms with Crippen molar-refractivity contribution < 1.29 is 19.1 Å². The van der Waals surface area contributed by atoms with E-state index in [0.717, 1.165) is 0 Å². The molecule has 1 aliphatic heterocycles. The molecule has 1 fully saturated rings. The quantitative estimate of drug-likeness (QED) is 0.774. The van der Waals surface area contributed by atoms with Crippen molar-refractivity contribution in [1.29, 1.82) is 0 Å². The van der Waals surface area contributed by atoms with Gasteiger partial charge in [-0.15, -0.1) is 0 Å². The van der Waals surface area contributed by atoms with Gasteiger partial charge in [-0.25, -0.2) is 4.79 Å². The fraction of sp³-hybridized carbons (Fsp3) is 0.429. The maximum atomic E-state index is 12.5. The molecular weight excluding hydrogens is 246 g/mol. The molecular formula is C14H17NO4. The highest BCUT2D eigenvalue weighted by molar-refractivity contribution is 5.97. The van der Waals surface area contributed by atoms with E-state index in [4.69, 9.17) is 9.47 Å². The summed E-state index contributed by atoms with van der Waals surface area (Å²) in [5, 5.41) is 0. The first-order valence-corrected chi connectivity index (χ1v) is 6.17. The Balaban J connectivity index is 2.27. The highest BCUT2D eigenvalue weighted by atomic mass is 16.5. The van der Waals surface area contributed by atoms with Crippen molar-refractivity contribution in [3.63, 3.8) is 0 Å². The van der Waals surface area contributed by atoms with E-state index >= 15 is 0 Å². The molecule has 5 heteroatoms. The van der Waals surface area contributed by atoms with Crippen LogP contribution < -0.4 is 0 Å². The van der Waals surface area contributed by atoms with E-state index in [1.165, 1.54) is 19.1 Å². The molecule has 1 amide bonds. The van der Waals surface area contributed by atoms with E-state index in [2.05, 4.69) is 0 Å². The van der Waals surface area contributed by atoms with Crippen LogP contribution in [0.1, 0.15) is 23.2 Å². The Morgan fingerprint density at radius 3 is 2.42 bits per heavy atom. The first-order valence-electron chi connectivity index (χ1n) is 6.17. The van der Waals surface area contributed by atoms with Gasteiger partial charge in [0.2, 0.25) is 0 Å². The van der Waals surface area contributed by atoms with Gasteiger partial charge < -0.3 is 9.47 Å². The molecule has 19 heavy (non-hydrogen) atoms. The minimum atomic E-state index is -0.567. The minimum absolute atomic E-state index is 0.208. The molecule has 0 N–H and O–H groups in total. The lowest BCUT2D eigenvalue weighted by molar-refractivity contribution is -0.147. The lowest BCUT2D eigenvalue weighted by atomic mass is 10.1. The summed E-state index contributed by atoms with van der Waals surface area (Å²) in [6.45, 7) is 0. The maximum Gasteiger partial charge on any atom is 0.328 e. The van der Waals surface area contributed by atoms with Crippen LogP contribution in [0, 0.1) is 0 Å². The summed E-state index contributed by atoms with van der Waals surface area (Å²) < 4.78 is 10.0. The van der Waals surface area contributed by atoms with Crippen LogP contribution in [0.4, 0.5) is 0 Å². The summed E-state index contributed by atoms with van der Waals surface area (Å²) in [5.74, 6) is -0.607. The largest absolute Gasteiger partial charge is 0.467 e. The number of methoxy groups -OCH3 is 2. The number of hydrogen-bond donors (Lipinski definition) is 0. The zero-order valence-corrected chi connectivity index (χ0v) is 11.0. The molecule has 0 aliphatic carbocycles. The van der Waals surface area contributed by atoms with E-state index in [-0.39, 0.29) is 12.1 Å². The number of amides is 1. The molecule has 1 unspecified atom stereocenters. The molecule has 2 atom stereocenters. The zero-order valence-electron chi connectivity index (χ0n) is 11.0. The monoisotopic (exact) mass is 263 g/mol. The van der Waals surface area contributed by atoms with Gasteiger partial charge in [-0.3, -0.25) is 9.69 Å². The first kappa shape index (κ1) is 13.5. The lowest BCUT2D eigenvalue weighted by Crippen LogP contribution is -2.46. The van der Waals surface area contributed by atoms with Crippen LogP contribution in [0.25, 0.3) is 0 Å². The molecule has 0 aromatic heterocycles. The molecule has 1 aromatic carbocycles. The van der Waals surface area contributed by atoms with Crippen LogP contribution in [0.5, 0.6) is 0 Å². The van der Waals surface area contributed by atoms with Gasteiger partial charge in [-0.05, 0) is 25.0 Å². The van der Waals surface area contributed by atoms with Crippen molar-refractivity contribution in [2.75, 3.05) is 14.2 Å². The van der Waals surface area contributed by atoms with Gasteiger partial charge in [0.05, 0.1) is 7.11 Å². The molecule has 5 nitrogen and oxygen atoms in total. The van der Waals surface area contributed by atoms with Crippen LogP contribution in [-0.2, 0) is 14.3 Å². The number of carbonyl (C=O) groups is 2. The third-order valence-corrected chi connectivity index (χ3v) is 3.33. The third kappa shape index (κ3) is 2.61. The van der Waals surface area contributed by atoms with Gasteiger partial charge in [-0.2, -0.15) is 0 Å². The fourth-order valence-electron chi connectivity index (χ4n) is 2.38. The number of benzene rings is 1. The van der Waals surface area contributed by atoms with Gasteiger partial charge in [0.15, 0.2) is 0 Å². The predicted molar refractivity (Wildman–Crippen MR) is 68.4 cm³/mol. The normalized spacial score (nSPS) is 22.3. The van der Waals surface area contributed by atoms with Crippen LogP contribution >= 0.6 is 0 Å². The molecule has 2 rings (SSSR count). The van der Waals surface area contributed by atoms with E-state index in [1.807, 2.05) is 6.07 Å². The van der Waals surface area contributed by atoms with E-state index in [0.29, 0.717) is 18.4 Å². The second-order valence-electron chi connectivity index (χ2n) is 4.39. The Morgan fingerprint density at radius 2 is 1.84 bits per heavy atom. The van der Waals surface area contributed by atoms with Crippen molar-refractivity contribution in [2.24, 2.45) is 0 Å². The van der Waals surface area contributed by atoms with Gasteiger partial charge >= 0.3 is 5.97 Å². The number of carbonyl (C=O) groups excluding carboxylic acids is 2. The minimum Gasteiger partial charge on any atom is -0.467 e. The van der Waals surface area contributed by atoms with Crippen LogP contribution in [-0.4, -0.2) is 43.3 Å². The molecule has 0 spiro atoms. The Hall–Kier alpha value is -1.88.